The molecular formula is C15H18N4O5S. The van der Waals surface area contributed by atoms with E-state index >= 15 is 0 Å². The number of nitrogens with one attached hydrogen (secondary N) is 4. The summed E-state index contributed by atoms with van der Waals surface area (Å²) < 4.78 is 27.0. The number of anilines is 1. The number of hydrogen-bond acceptors (Lipinski definition) is 5. The molecular weight excluding hydrogens is 348 g/mol. The molecule has 0 saturated heterocycles. The average Bonchev–Trinajstić information content (AvgIpc) is 2.54. The van der Waals surface area contributed by atoms with Crippen molar-refractivity contribution in [2.24, 2.45) is 0 Å². The maximum Gasteiger partial charge on any atom is 0.325 e. The third-order valence-corrected chi connectivity index (χ3v) is 4.85. The number of amides is 1. The Bertz CT molecular complexity index is 993. The monoisotopic (exact) mass is 366 g/mol. The van der Waals surface area contributed by atoms with Gasteiger partial charge in [0.1, 0.15) is 0 Å². The van der Waals surface area contributed by atoms with Crippen LogP contribution in [0.25, 0.3) is 0 Å². The molecule has 134 valence electrons. The van der Waals surface area contributed by atoms with E-state index in [1.54, 1.807) is 12.1 Å². The second kappa shape index (κ2) is 7.34. The molecule has 0 aliphatic carbocycles. The second-order valence-corrected chi connectivity index (χ2v) is 7.02. The third-order valence-electron chi connectivity index (χ3n) is 3.48. The zero-order valence-electron chi connectivity index (χ0n) is 13.6. The van der Waals surface area contributed by atoms with E-state index in [1.807, 2.05) is 18.8 Å². The highest BCUT2D eigenvalue weighted by atomic mass is 32.2. The van der Waals surface area contributed by atoms with Gasteiger partial charge in [-0.1, -0.05) is 19.1 Å². The molecule has 2 rings (SSSR count). The number of sulfonamides is 1. The second-order valence-electron chi connectivity index (χ2n) is 5.37. The summed E-state index contributed by atoms with van der Waals surface area (Å²) in [4.78, 5) is 38.3. The minimum atomic E-state index is -4.29. The van der Waals surface area contributed by atoms with Gasteiger partial charge in [-0.3, -0.25) is 19.3 Å². The van der Waals surface area contributed by atoms with Crippen LogP contribution in [-0.4, -0.2) is 30.3 Å². The molecule has 0 bridgehead atoms. The Kier molecular flexibility index (Phi) is 5.42. The van der Waals surface area contributed by atoms with E-state index in [-0.39, 0.29) is 17.3 Å². The van der Waals surface area contributed by atoms with Gasteiger partial charge in [0.05, 0.1) is 11.3 Å². The molecule has 0 unspecified atom stereocenters. The number of hydrogen-bond donors (Lipinski definition) is 4. The van der Waals surface area contributed by atoms with Crippen LogP contribution in [0.2, 0.25) is 0 Å². The van der Waals surface area contributed by atoms with Crippen LogP contribution in [0.4, 0.5) is 5.69 Å². The largest absolute Gasteiger partial charge is 0.350 e. The first-order valence-corrected chi connectivity index (χ1v) is 8.97. The van der Waals surface area contributed by atoms with Gasteiger partial charge in [-0.05, 0) is 25.5 Å². The topological polar surface area (TPSA) is 141 Å². The van der Waals surface area contributed by atoms with Gasteiger partial charge < -0.3 is 10.3 Å². The molecule has 2 aromatic rings. The molecule has 0 spiro atoms. The Morgan fingerprint density at radius 2 is 1.92 bits per heavy atom. The molecule has 10 heteroatoms. The van der Waals surface area contributed by atoms with Crippen molar-refractivity contribution < 1.29 is 13.2 Å². The number of carbonyl (C=O) groups is 1. The Morgan fingerprint density at radius 3 is 2.56 bits per heavy atom. The molecule has 1 atom stereocenters. The number of para-hydroxylation sites is 1. The fourth-order valence-corrected chi connectivity index (χ4v) is 3.06. The minimum Gasteiger partial charge on any atom is -0.350 e. The van der Waals surface area contributed by atoms with E-state index in [0.29, 0.717) is 6.42 Å². The standard InChI is InChI=1S/C15H18N4O5S/c1-3-9(2)17-13(20)10-6-4-5-7-11(10)19-25(23,24)12-8-16-15(22)18-14(12)21/h4-9,19H,3H2,1-2H3,(H,17,20)(H2,16,18,21,22)/t9-/m0/s1. The summed E-state index contributed by atoms with van der Waals surface area (Å²) in [6.07, 6.45) is 1.51. The van der Waals surface area contributed by atoms with Crippen molar-refractivity contribution in [3.05, 3.63) is 56.9 Å². The van der Waals surface area contributed by atoms with Gasteiger partial charge in [0.2, 0.25) is 0 Å². The van der Waals surface area contributed by atoms with Gasteiger partial charge >= 0.3 is 5.69 Å². The Labute approximate surface area is 143 Å². The molecule has 0 aliphatic heterocycles. The number of benzene rings is 1. The van der Waals surface area contributed by atoms with Crippen LogP contribution in [0.15, 0.2) is 44.9 Å². The zero-order chi connectivity index (χ0) is 18.6. The van der Waals surface area contributed by atoms with Crippen LogP contribution in [-0.2, 0) is 10.0 Å². The summed E-state index contributed by atoms with van der Waals surface area (Å²) in [5.74, 6) is -0.442. The lowest BCUT2D eigenvalue weighted by atomic mass is 10.1. The SMILES string of the molecule is CC[C@H](C)NC(=O)c1ccccc1NS(=O)(=O)c1c[nH]c(=O)[nH]c1=O. The number of aromatic nitrogens is 2. The molecule has 0 saturated carbocycles. The van der Waals surface area contributed by atoms with Gasteiger partial charge in [-0.2, -0.15) is 0 Å². The average molecular weight is 366 g/mol. The molecule has 0 aliphatic rings. The van der Waals surface area contributed by atoms with Gasteiger partial charge in [-0.15, -0.1) is 0 Å². The van der Waals surface area contributed by atoms with Crippen LogP contribution in [0.5, 0.6) is 0 Å². The van der Waals surface area contributed by atoms with Gasteiger partial charge in [-0.25, -0.2) is 13.2 Å². The highest BCUT2D eigenvalue weighted by Crippen LogP contribution is 2.18. The maximum absolute atomic E-state index is 12.4. The van der Waals surface area contributed by atoms with Crippen molar-refractivity contribution in [1.82, 2.24) is 15.3 Å². The van der Waals surface area contributed by atoms with Crippen molar-refractivity contribution in [1.29, 1.82) is 0 Å². The molecule has 1 amide bonds. The maximum atomic E-state index is 12.4. The fraction of sp³-hybridized carbons (Fsp3) is 0.267. The van der Waals surface area contributed by atoms with Crippen LogP contribution in [0.3, 0.4) is 0 Å². The lowest BCUT2D eigenvalue weighted by Crippen LogP contribution is -2.33. The first kappa shape index (κ1) is 18.5. The van der Waals surface area contributed by atoms with Gasteiger partial charge in [0.25, 0.3) is 21.5 Å². The first-order chi connectivity index (χ1) is 11.7. The Morgan fingerprint density at radius 1 is 1.24 bits per heavy atom. The summed E-state index contributed by atoms with van der Waals surface area (Å²) >= 11 is 0. The quantitative estimate of drug-likeness (QED) is 0.585. The summed E-state index contributed by atoms with van der Waals surface area (Å²) in [5, 5.41) is 2.74. The minimum absolute atomic E-state index is 0.0221. The molecule has 25 heavy (non-hydrogen) atoms. The summed E-state index contributed by atoms with van der Waals surface area (Å²) in [7, 11) is -4.29. The molecule has 0 radical (unpaired) electrons. The predicted octanol–water partition coefficient (Wildman–Crippen LogP) is 0.392. The van der Waals surface area contributed by atoms with E-state index in [2.05, 4.69) is 15.0 Å². The number of rotatable bonds is 6. The van der Waals surface area contributed by atoms with Crippen molar-refractivity contribution in [2.45, 2.75) is 31.2 Å². The van der Waals surface area contributed by atoms with Crippen LogP contribution >= 0.6 is 0 Å². The normalized spacial score (nSPS) is 12.4. The van der Waals surface area contributed by atoms with Crippen molar-refractivity contribution >= 4 is 21.6 Å². The van der Waals surface area contributed by atoms with Crippen molar-refractivity contribution in [3.8, 4) is 0 Å². The van der Waals surface area contributed by atoms with E-state index in [4.69, 9.17) is 0 Å². The molecule has 1 aromatic heterocycles. The molecule has 4 N–H and O–H groups in total. The highest BCUT2D eigenvalue weighted by Gasteiger charge is 2.22. The van der Waals surface area contributed by atoms with Crippen molar-refractivity contribution in [3.63, 3.8) is 0 Å². The molecule has 1 aromatic carbocycles. The van der Waals surface area contributed by atoms with Crippen LogP contribution in [0.1, 0.15) is 30.6 Å². The van der Waals surface area contributed by atoms with E-state index in [0.717, 1.165) is 6.20 Å². The Hall–Kier alpha value is -2.88. The summed E-state index contributed by atoms with van der Waals surface area (Å²) in [6, 6.07) is 5.93. The fourth-order valence-electron chi connectivity index (χ4n) is 1.97. The van der Waals surface area contributed by atoms with Crippen LogP contribution in [0, 0.1) is 0 Å². The smallest absolute Gasteiger partial charge is 0.325 e. The van der Waals surface area contributed by atoms with E-state index in [1.165, 1.54) is 12.1 Å². The lowest BCUT2D eigenvalue weighted by Gasteiger charge is -2.15. The van der Waals surface area contributed by atoms with E-state index in [9.17, 15) is 22.8 Å². The van der Waals surface area contributed by atoms with Crippen molar-refractivity contribution in [2.75, 3.05) is 4.72 Å². The van der Waals surface area contributed by atoms with E-state index < -0.39 is 32.1 Å². The third kappa shape index (κ3) is 4.35. The summed E-state index contributed by atoms with van der Waals surface area (Å²) in [6.45, 7) is 3.73. The first-order valence-electron chi connectivity index (χ1n) is 7.49. The number of H-pyrrole nitrogens is 2. The Balaban J connectivity index is 2.38. The number of aromatic amines is 2. The lowest BCUT2D eigenvalue weighted by molar-refractivity contribution is 0.0940. The zero-order valence-corrected chi connectivity index (χ0v) is 14.4. The van der Waals surface area contributed by atoms with Gasteiger partial charge in [0, 0.05) is 12.2 Å². The molecule has 1 heterocycles. The predicted molar refractivity (Wildman–Crippen MR) is 92.2 cm³/mol. The van der Waals surface area contributed by atoms with Crippen LogP contribution < -0.4 is 21.3 Å². The highest BCUT2D eigenvalue weighted by molar-refractivity contribution is 7.92. The van der Waals surface area contributed by atoms with Gasteiger partial charge in [0.15, 0.2) is 4.90 Å². The summed E-state index contributed by atoms with van der Waals surface area (Å²) in [5.41, 5.74) is -1.74. The number of carbonyl (C=O) groups excluding carboxylic acids is 1. The molecule has 9 nitrogen and oxygen atoms in total. The molecule has 0 fully saturated rings.